The molecule has 0 aliphatic heterocycles. The number of hydrogen-bond acceptors (Lipinski definition) is 1. The van der Waals surface area contributed by atoms with Crippen molar-refractivity contribution in [3.05, 3.63) is 12.3 Å². The second-order valence-electron chi connectivity index (χ2n) is 4.34. The van der Waals surface area contributed by atoms with Gasteiger partial charge < -0.3 is 5.32 Å². The van der Waals surface area contributed by atoms with Crippen molar-refractivity contribution in [3.63, 3.8) is 0 Å². The lowest BCUT2D eigenvalue weighted by Gasteiger charge is -2.22. The molecule has 2 atom stereocenters. The molecule has 0 aromatic heterocycles. The Morgan fingerprint density at radius 2 is 2.08 bits per heavy atom. The number of nitrogens with one attached hydrogen (secondary N) is 1. The molecule has 1 N–H and O–H groups in total. The van der Waals surface area contributed by atoms with E-state index in [1.807, 2.05) is 0 Å². The summed E-state index contributed by atoms with van der Waals surface area (Å²) in [5.41, 5.74) is 1.20. The Morgan fingerprint density at radius 1 is 1.42 bits per heavy atom. The Labute approximate surface area is 76.2 Å². The van der Waals surface area contributed by atoms with Crippen LogP contribution in [-0.2, 0) is 0 Å². The summed E-state index contributed by atoms with van der Waals surface area (Å²) in [7, 11) is 0. The molecule has 0 radical (unpaired) electrons. The lowest BCUT2D eigenvalue weighted by Crippen LogP contribution is -2.31. The van der Waals surface area contributed by atoms with Crippen molar-refractivity contribution in [1.29, 1.82) is 0 Å². The van der Waals surface area contributed by atoms with E-state index < -0.39 is 0 Å². The van der Waals surface area contributed by atoms with Crippen LogP contribution in [0, 0.1) is 11.8 Å². The topological polar surface area (TPSA) is 12.0 Å². The first kappa shape index (κ1) is 9.63. The van der Waals surface area contributed by atoms with Crippen molar-refractivity contribution < 1.29 is 0 Å². The van der Waals surface area contributed by atoms with Gasteiger partial charge in [0.25, 0.3) is 0 Å². The molecule has 1 nitrogen and oxygen atoms in total. The van der Waals surface area contributed by atoms with Crippen molar-refractivity contribution in [1.82, 2.24) is 5.32 Å². The molecule has 0 bridgehead atoms. The second kappa shape index (κ2) is 3.97. The molecule has 0 heterocycles. The summed E-state index contributed by atoms with van der Waals surface area (Å²) >= 11 is 0. The molecule has 1 fully saturated rings. The molecule has 12 heavy (non-hydrogen) atoms. The molecule has 1 aliphatic carbocycles. The van der Waals surface area contributed by atoms with Gasteiger partial charge in [0.2, 0.25) is 0 Å². The Bertz CT molecular complexity index is 160. The van der Waals surface area contributed by atoms with Crippen LogP contribution in [0.15, 0.2) is 12.3 Å². The highest BCUT2D eigenvalue weighted by Gasteiger charge is 2.23. The van der Waals surface area contributed by atoms with Crippen molar-refractivity contribution in [2.45, 2.75) is 46.1 Å². The fourth-order valence-electron chi connectivity index (χ4n) is 1.76. The van der Waals surface area contributed by atoms with Crippen LogP contribution >= 0.6 is 0 Å². The van der Waals surface area contributed by atoms with Crippen molar-refractivity contribution >= 4 is 0 Å². The van der Waals surface area contributed by atoms with Gasteiger partial charge in [-0.25, -0.2) is 0 Å². The van der Waals surface area contributed by atoms with Crippen LogP contribution in [0.3, 0.4) is 0 Å². The average Bonchev–Trinajstić information content (AvgIpc) is 2.36. The van der Waals surface area contributed by atoms with Crippen LogP contribution in [0.4, 0.5) is 0 Å². The van der Waals surface area contributed by atoms with Crippen molar-refractivity contribution in [2.24, 2.45) is 11.8 Å². The Hall–Kier alpha value is -0.460. The zero-order chi connectivity index (χ0) is 9.14. The highest BCUT2D eigenvalue weighted by Crippen LogP contribution is 2.26. The zero-order valence-electron chi connectivity index (χ0n) is 8.56. The first-order valence-electron chi connectivity index (χ1n) is 5.06. The van der Waals surface area contributed by atoms with Crippen LogP contribution in [0.25, 0.3) is 0 Å². The van der Waals surface area contributed by atoms with Crippen LogP contribution in [0.2, 0.25) is 0 Å². The summed E-state index contributed by atoms with van der Waals surface area (Å²) in [5, 5.41) is 3.53. The van der Waals surface area contributed by atoms with Crippen LogP contribution < -0.4 is 5.32 Å². The predicted octanol–water partition coefficient (Wildman–Crippen LogP) is 2.93. The van der Waals surface area contributed by atoms with Gasteiger partial charge in [0.15, 0.2) is 0 Å². The normalized spacial score (nSPS) is 29.3. The molecule has 0 aromatic carbocycles. The van der Waals surface area contributed by atoms with E-state index in [0.29, 0.717) is 12.0 Å². The summed E-state index contributed by atoms with van der Waals surface area (Å²) in [5.74, 6) is 1.40. The number of rotatable bonds is 3. The lowest BCUT2D eigenvalue weighted by atomic mass is 10.0. The molecular formula is C11H21N. The molecule has 1 saturated carbocycles. The van der Waals surface area contributed by atoms with Gasteiger partial charge in [-0.05, 0) is 24.7 Å². The van der Waals surface area contributed by atoms with Crippen LogP contribution in [-0.4, -0.2) is 6.04 Å². The van der Waals surface area contributed by atoms with Gasteiger partial charge in [0.1, 0.15) is 0 Å². The lowest BCUT2D eigenvalue weighted by molar-refractivity contribution is 0.443. The van der Waals surface area contributed by atoms with Gasteiger partial charge >= 0.3 is 0 Å². The third-order valence-electron chi connectivity index (χ3n) is 2.93. The molecule has 1 rings (SSSR count). The Kier molecular flexibility index (Phi) is 3.19. The SMILES string of the molecule is C=C(NC1CCCC1C)C(C)C. The largest absolute Gasteiger partial charge is 0.386 e. The maximum atomic E-state index is 4.04. The van der Waals surface area contributed by atoms with E-state index >= 15 is 0 Å². The van der Waals surface area contributed by atoms with E-state index in [1.165, 1.54) is 25.0 Å². The van der Waals surface area contributed by atoms with E-state index in [4.69, 9.17) is 0 Å². The van der Waals surface area contributed by atoms with E-state index in [9.17, 15) is 0 Å². The van der Waals surface area contributed by atoms with E-state index in [1.54, 1.807) is 0 Å². The minimum absolute atomic E-state index is 0.567. The standard InChI is InChI=1S/C11H21N/c1-8(2)10(4)12-11-7-5-6-9(11)3/h8-9,11-12H,4-7H2,1-3H3. The summed E-state index contributed by atoms with van der Waals surface area (Å²) < 4.78 is 0. The smallest absolute Gasteiger partial charge is 0.0283 e. The predicted molar refractivity (Wildman–Crippen MR) is 53.9 cm³/mol. The number of hydrogen-bond donors (Lipinski definition) is 1. The van der Waals surface area contributed by atoms with Crippen LogP contribution in [0.5, 0.6) is 0 Å². The minimum atomic E-state index is 0.567. The maximum Gasteiger partial charge on any atom is 0.0283 e. The number of allylic oxidation sites excluding steroid dienone is 1. The minimum Gasteiger partial charge on any atom is -0.386 e. The van der Waals surface area contributed by atoms with Gasteiger partial charge in [-0.1, -0.05) is 33.8 Å². The fourth-order valence-corrected chi connectivity index (χ4v) is 1.76. The summed E-state index contributed by atoms with van der Waals surface area (Å²) in [6.45, 7) is 10.8. The summed E-state index contributed by atoms with van der Waals surface area (Å²) in [6, 6.07) is 0.694. The summed E-state index contributed by atoms with van der Waals surface area (Å²) in [6.07, 6.45) is 4.08. The Balaban J connectivity index is 2.35. The van der Waals surface area contributed by atoms with Crippen molar-refractivity contribution in [3.8, 4) is 0 Å². The maximum absolute atomic E-state index is 4.04. The third-order valence-corrected chi connectivity index (χ3v) is 2.93. The van der Waals surface area contributed by atoms with E-state index in [0.717, 1.165) is 5.92 Å². The first-order chi connectivity index (χ1) is 5.61. The molecular weight excluding hydrogens is 146 g/mol. The van der Waals surface area contributed by atoms with Gasteiger partial charge in [0.05, 0.1) is 0 Å². The molecule has 0 aromatic rings. The molecule has 0 saturated heterocycles. The van der Waals surface area contributed by atoms with Gasteiger partial charge in [-0.2, -0.15) is 0 Å². The van der Waals surface area contributed by atoms with Gasteiger partial charge in [-0.3, -0.25) is 0 Å². The van der Waals surface area contributed by atoms with Gasteiger partial charge in [0, 0.05) is 11.7 Å². The van der Waals surface area contributed by atoms with E-state index in [2.05, 4.69) is 32.7 Å². The van der Waals surface area contributed by atoms with Gasteiger partial charge in [-0.15, -0.1) is 0 Å². The molecule has 0 amide bonds. The molecule has 1 aliphatic rings. The second-order valence-corrected chi connectivity index (χ2v) is 4.34. The molecule has 1 heteroatoms. The first-order valence-corrected chi connectivity index (χ1v) is 5.06. The highest BCUT2D eigenvalue weighted by molar-refractivity contribution is 4.99. The third kappa shape index (κ3) is 2.26. The molecule has 0 spiro atoms. The van der Waals surface area contributed by atoms with Crippen molar-refractivity contribution in [2.75, 3.05) is 0 Å². The summed E-state index contributed by atoms with van der Waals surface area (Å²) in [4.78, 5) is 0. The highest BCUT2D eigenvalue weighted by atomic mass is 14.9. The fraction of sp³-hybridized carbons (Fsp3) is 0.818. The molecule has 70 valence electrons. The van der Waals surface area contributed by atoms with Crippen LogP contribution in [0.1, 0.15) is 40.0 Å². The Morgan fingerprint density at radius 3 is 2.50 bits per heavy atom. The zero-order valence-corrected chi connectivity index (χ0v) is 8.56. The van der Waals surface area contributed by atoms with E-state index in [-0.39, 0.29) is 0 Å². The monoisotopic (exact) mass is 167 g/mol. The average molecular weight is 167 g/mol. The molecule has 2 unspecified atom stereocenters. The quantitative estimate of drug-likeness (QED) is 0.681.